The third kappa shape index (κ3) is 4.56. The van der Waals surface area contributed by atoms with Gasteiger partial charge in [0.05, 0.1) is 25.8 Å². The summed E-state index contributed by atoms with van der Waals surface area (Å²) >= 11 is 0. The number of aliphatic hydroxyl groups is 1. The van der Waals surface area contributed by atoms with Crippen LogP contribution in [0.25, 0.3) is 5.76 Å². The molecule has 1 N–H and O–H groups in total. The van der Waals surface area contributed by atoms with E-state index in [0.29, 0.717) is 35.6 Å². The van der Waals surface area contributed by atoms with Gasteiger partial charge in [-0.2, -0.15) is 0 Å². The van der Waals surface area contributed by atoms with Crippen molar-refractivity contribution in [2.45, 2.75) is 12.5 Å². The van der Waals surface area contributed by atoms with E-state index in [-0.39, 0.29) is 11.3 Å². The Balaban J connectivity index is 2.12. The fourth-order valence-electron chi connectivity index (χ4n) is 3.79. The standard InChI is InChI=1S/C24H28N2O5/c1-25(2)14-7-15-26-21(18-8-5-6-9-19(18)31-4)20(23(28)24(26)29)22(27)16-10-12-17(30-3)13-11-16/h5-6,8-13,21,27H,7,14-15H2,1-4H3/b22-20-. The van der Waals surface area contributed by atoms with Crippen LogP contribution in [0.2, 0.25) is 0 Å². The van der Waals surface area contributed by atoms with Gasteiger partial charge in [0.25, 0.3) is 11.7 Å². The first kappa shape index (κ1) is 22.4. The first-order valence-electron chi connectivity index (χ1n) is 10.1. The number of rotatable bonds is 8. The maximum Gasteiger partial charge on any atom is 0.295 e. The van der Waals surface area contributed by atoms with Crippen LogP contribution in [0.3, 0.4) is 0 Å². The number of para-hydroxylation sites is 1. The molecule has 1 aliphatic heterocycles. The summed E-state index contributed by atoms with van der Waals surface area (Å²) in [5, 5.41) is 11.1. The predicted molar refractivity (Wildman–Crippen MR) is 118 cm³/mol. The lowest BCUT2D eigenvalue weighted by molar-refractivity contribution is -0.140. The van der Waals surface area contributed by atoms with E-state index >= 15 is 0 Å². The Hall–Kier alpha value is -3.32. The zero-order chi connectivity index (χ0) is 22.5. The van der Waals surface area contributed by atoms with Gasteiger partial charge in [-0.3, -0.25) is 9.59 Å². The number of carbonyl (C=O) groups is 2. The van der Waals surface area contributed by atoms with Crippen molar-refractivity contribution in [2.24, 2.45) is 0 Å². The molecule has 0 aliphatic carbocycles. The monoisotopic (exact) mass is 424 g/mol. The van der Waals surface area contributed by atoms with Crippen molar-refractivity contribution in [3.8, 4) is 11.5 Å². The van der Waals surface area contributed by atoms with Crippen molar-refractivity contribution in [1.82, 2.24) is 9.80 Å². The highest BCUT2D eigenvalue weighted by Crippen LogP contribution is 2.42. The Morgan fingerprint density at radius 3 is 2.32 bits per heavy atom. The number of amides is 1. The number of likely N-dealkylation sites (tertiary alicyclic amines) is 1. The van der Waals surface area contributed by atoms with E-state index in [4.69, 9.17) is 9.47 Å². The second-order valence-electron chi connectivity index (χ2n) is 7.62. The van der Waals surface area contributed by atoms with Crippen LogP contribution >= 0.6 is 0 Å². The van der Waals surface area contributed by atoms with Crippen LogP contribution in [-0.4, -0.2) is 68.0 Å². The molecule has 0 aromatic heterocycles. The second kappa shape index (κ2) is 9.66. The van der Waals surface area contributed by atoms with E-state index < -0.39 is 17.7 Å². The van der Waals surface area contributed by atoms with E-state index in [1.165, 1.54) is 4.90 Å². The normalized spacial score (nSPS) is 18.0. The van der Waals surface area contributed by atoms with E-state index in [0.717, 1.165) is 6.54 Å². The first-order chi connectivity index (χ1) is 14.9. The number of nitrogens with zero attached hydrogens (tertiary/aromatic N) is 2. The van der Waals surface area contributed by atoms with Gasteiger partial charge in [-0.15, -0.1) is 0 Å². The van der Waals surface area contributed by atoms with Gasteiger partial charge in [0.15, 0.2) is 0 Å². The molecular weight excluding hydrogens is 396 g/mol. The summed E-state index contributed by atoms with van der Waals surface area (Å²) in [5.41, 5.74) is 1.15. The zero-order valence-electron chi connectivity index (χ0n) is 18.3. The summed E-state index contributed by atoms with van der Waals surface area (Å²) in [6.45, 7) is 1.14. The van der Waals surface area contributed by atoms with Gasteiger partial charge in [0, 0.05) is 17.7 Å². The number of hydrogen-bond acceptors (Lipinski definition) is 6. The highest BCUT2D eigenvalue weighted by molar-refractivity contribution is 6.46. The largest absolute Gasteiger partial charge is 0.507 e. The van der Waals surface area contributed by atoms with Gasteiger partial charge >= 0.3 is 0 Å². The van der Waals surface area contributed by atoms with Crippen molar-refractivity contribution < 1.29 is 24.2 Å². The molecule has 1 unspecified atom stereocenters. The molecule has 164 valence electrons. The van der Waals surface area contributed by atoms with Crippen molar-refractivity contribution in [3.63, 3.8) is 0 Å². The number of aliphatic hydroxyl groups excluding tert-OH is 1. The highest BCUT2D eigenvalue weighted by Gasteiger charge is 2.46. The molecule has 2 aromatic rings. The van der Waals surface area contributed by atoms with E-state index in [9.17, 15) is 14.7 Å². The van der Waals surface area contributed by atoms with Crippen LogP contribution in [0.1, 0.15) is 23.6 Å². The molecule has 0 bridgehead atoms. The lowest BCUT2D eigenvalue weighted by Crippen LogP contribution is -2.32. The Labute approximate surface area is 182 Å². The average Bonchev–Trinajstić information content (AvgIpc) is 3.03. The number of ether oxygens (including phenoxy) is 2. The smallest absolute Gasteiger partial charge is 0.295 e. The molecule has 7 nitrogen and oxygen atoms in total. The van der Waals surface area contributed by atoms with E-state index in [1.807, 2.05) is 37.2 Å². The molecule has 0 spiro atoms. The summed E-state index contributed by atoms with van der Waals surface area (Å²) in [7, 11) is 7.00. The lowest BCUT2D eigenvalue weighted by atomic mass is 9.94. The summed E-state index contributed by atoms with van der Waals surface area (Å²) in [6.07, 6.45) is 0.689. The quantitative estimate of drug-likeness (QED) is 0.399. The van der Waals surface area contributed by atoms with Crippen LogP contribution in [0.5, 0.6) is 11.5 Å². The Morgan fingerprint density at radius 2 is 1.71 bits per heavy atom. The fourth-order valence-corrected chi connectivity index (χ4v) is 3.79. The van der Waals surface area contributed by atoms with Gasteiger partial charge in [-0.1, -0.05) is 18.2 Å². The Bertz CT molecular complexity index is 982. The topological polar surface area (TPSA) is 79.3 Å². The van der Waals surface area contributed by atoms with Gasteiger partial charge in [0.1, 0.15) is 17.3 Å². The third-order valence-corrected chi connectivity index (χ3v) is 5.34. The third-order valence-electron chi connectivity index (χ3n) is 5.34. The number of carbonyl (C=O) groups excluding carboxylic acids is 2. The fraction of sp³-hybridized carbons (Fsp3) is 0.333. The second-order valence-corrected chi connectivity index (χ2v) is 7.62. The van der Waals surface area contributed by atoms with Crippen molar-refractivity contribution in [3.05, 3.63) is 65.2 Å². The van der Waals surface area contributed by atoms with Crippen molar-refractivity contribution in [1.29, 1.82) is 0 Å². The SMILES string of the molecule is COc1ccc(/C(O)=C2/C(=O)C(=O)N(CCCN(C)C)C2c2ccccc2OC)cc1. The number of Topliss-reactive ketones (excluding diaryl/α,β-unsaturated/α-hetero) is 1. The molecule has 1 fully saturated rings. The number of hydrogen-bond donors (Lipinski definition) is 1. The average molecular weight is 424 g/mol. The molecule has 1 saturated heterocycles. The molecule has 1 heterocycles. The minimum Gasteiger partial charge on any atom is -0.507 e. The molecule has 1 aliphatic rings. The minimum atomic E-state index is -0.736. The van der Waals surface area contributed by atoms with Crippen LogP contribution in [0.4, 0.5) is 0 Å². The summed E-state index contributed by atoms with van der Waals surface area (Å²) < 4.78 is 10.7. The number of benzene rings is 2. The first-order valence-corrected chi connectivity index (χ1v) is 10.1. The number of methoxy groups -OCH3 is 2. The molecule has 1 atom stereocenters. The van der Waals surface area contributed by atoms with Crippen LogP contribution in [0.15, 0.2) is 54.1 Å². The van der Waals surface area contributed by atoms with Crippen LogP contribution in [0, 0.1) is 0 Å². The predicted octanol–water partition coefficient (Wildman–Crippen LogP) is 3.08. The van der Waals surface area contributed by atoms with Gasteiger partial charge in [-0.05, 0) is 57.4 Å². The molecule has 1 amide bonds. The summed E-state index contributed by atoms with van der Waals surface area (Å²) in [6, 6.07) is 13.2. The maximum atomic E-state index is 13.0. The van der Waals surface area contributed by atoms with Crippen molar-refractivity contribution >= 4 is 17.4 Å². The molecule has 2 aromatic carbocycles. The molecule has 31 heavy (non-hydrogen) atoms. The van der Waals surface area contributed by atoms with E-state index in [2.05, 4.69) is 0 Å². The molecular formula is C24H28N2O5. The van der Waals surface area contributed by atoms with Gasteiger partial charge in [0.2, 0.25) is 0 Å². The number of ketones is 1. The van der Waals surface area contributed by atoms with Gasteiger partial charge in [-0.25, -0.2) is 0 Å². The zero-order valence-corrected chi connectivity index (χ0v) is 18.3. The summed E-state index contributed by atoms with van der Waals surface area (Å²) in [5.74, 6) is -0.361. The molecule has 7 heteroatoms. The highest BCUT2D eigenvalue weighted by atomic mass is 16.5. The summed E-state index contributed by atoms with van der Waals surface area (Å²) in [4.78, 5) is 29.6. The van der Waals surface area contributed by atoms with Crippen LogP contribution < -0.4 is 9.47 Å². The molecule has 3 rings (SSSR count). The van der Waals surface area contributed by atoms with Crippen LogP contribution in [-0.2, 0) is 9.59 Å². The Kier molecular flexibility index (Phi) is 6.97. The molecule has 0 radical (unpaired) electrons. The maximum absolute atomic E-state index is 13.0. The van der Waals surface area contributed by atoms with Gasteiger partial charge < -0.3 is 24.4 Å². The minimum absolute atomic E-state index is 0.0597. The molecule has 0 saturated carbocycles. The van der Waals surface area contributed by atoms with E-state index in [1.54, 1.807) is 44.6 Å². The lowest BCUT2D eigenvalue weighted by Gasteiger charge is -2.27. The Morgan fingerprint density at radius 1 is 1.03 bits per heavy atom. The van der Waals surface area contributed by atoms with Crippen molar-refractivity contribution in [2.75, 3.05) is 41.4 Å².